The maximum Gasteiger partial charge on any atom is 0.191 e. The maximum atomic E-state index is 4.82. The number of aromatic nitrogens is 1. The minimum atomic E-state index is 0. The van der Waals surface area contributed by atoms with Crippen LogP contribution in [0.15, 0.2) is 35.5 Å². The van der Waals surface area contributed by atoms with Crippen molar-refractivity contribution in [2.45, 2.75) is 46.2 Å². The normalized spacial score (nSPS) is 20.9. The Morgan fingerprint density at radius 3 is 2.78 bits per heavy atom. The van der Waals surface area contributed by atoms with E-state index in [0.717, 1.165) is 38.6 Å². The van der Waals surface area contributed by atoms with Crippen LogP contribution >= 0.6 is 24.0 Å². The topological polar surface area (TPSA) is 55.5 Å². The quantitative estimate of drug-likeness (QED) is 0.334. The molecule has 3 N–H and O–H groups in total. The third kappa shape index (κ3) is 5.60. The number of hydrogen-bond donors (Lipinski definition) is 3. The predicted octanol–water partition coefficient (Wildman–Crippen LogP) is 3.61. The molecule has 1 aromatic carbocycles. The van der Waals surface area contributed by atoms with Crippen LogP contribution in [0.3, 0.4) is 0 Å². The van der Waals surface area contributed by atoms with Gasteiger partial charge in [-0.15, -0.1) is 24.0 Å². The Balaban J connectivity index is 0.00000261. The first-order valence-electron chi connectivity index (χ1n) is 9.92. The maximum absolute atomic E-state index is 4.82. The van der Waals surface area contributed by atoms with Gasteiger partial charge in [-0.1, -0.05) is 25.1 Å². The van der Waals surface area contributed by atoms with Crippen LogP contribution in [0.2, 0.25) is 0 Å². The number of benzene rings is 1. The fourth-order valence-electron chi connectivity index (χ4n) is 3.74. The molecule has 1 saturated heterocycles. The molecular weight excluding hydrogens is 449 g/mol. The average molecular weight is 483 g/mol. The highest BCUT2D eigenvalue weighted by Gasteiger charge is 2.31. The summed E-state index contributed by atoms with van der Waals surface area (Å²) in [7, 11) is 0. The third-order valence-corrected chi connectivity index (χ3v) is 5.36. The highest BCUT2D eigenvalue weighted by molar-refractivity contribution is 14.0. The summed E-state index contributed by atoms with van der Waals surface area (Å²) < 4.78 is 0. The first-order valence-corrected chi connectivity index (χ1v) is 9.92. The van der Waals surface area contributed by atoms with E-state index in [-0.39, 0.29) is 24.0 Å². The van der Waals surface area contributed by atoms with E-state index >= 15 is 0 Å². The number of likely N-dealkylation sites (tertiary alicyclic amines) is 1. The number of rotatable bonds is 6. The van der Waals surface area contributed by atoms with Gasteiger partial charge in [-0.25, -0.2) is 0 Å². The molecule has 27 heavy (non-hydrogen) atoms. The minimum absolute atomic E-state index is 0. The smallest absolute Gasteiger partial charge is 0.191 e. The third-order valence-electron chi connectivity index (χ3n) is 5.36. The Morgan fingerprint density at radius 2 is 2.07 bits per heavy atom. The number of para-hydroxylation sites is 1. The van der Waals surface area contributed by atoms with Crippen LogP contribution in [0.4, 0.5) is 0 Å². The molecule has 0 amide bonds. The van der Waals surface area contributed by atoms with Gasteiger partial charge in [-0.05, 0) is 44.7 Å². The molecule has 0 bridgehead atoms. The lowest BCUT2D eigenvalue weighted by Gasteiger charge is -2.21. The standard InChI is InChI=1S/C21H33N5.HI/c1-5-22-21(25-20-14-26(15(2)3)13-16(20)4)23-11-10-17-12-24-19-9-7-6-8-18(17)19;/h6-9,12,15-16,20,24H,5,10-11,13-14H2,1-4H3,(H2,22,23,25);1H. The molecule has 3 rings (SSSR count). The number of fused-ring (bicyclic) bond motifs is 1. The molecule has 0 spiro atoms. The number of nitrogens with zero attached hydrogens (tertiary/aromatic N) is 2. The predicted molar refractivity (Wildman–Crippen MR) is 126 cm³/mol. The van der Waals surface area contributed by atoms with E-state index in [9.17, 15) is 0 Å². The van der Waals surface area contributed by atoms with Crippen molar-refractivity contribution >= 4 is 40.8 Å². The number of guanidine groups is 1. The van der Waals surface area contributed by atoms with E-state index in [2.05, 4.69) is 78.7 Å². The molecule has 2 heterocycles. The zero-order chi connectivity index (χ0) is 18.5. The summed E-state index contributed by atoms with van der Waals surface area (Å²) in [6, 6.07) is 9.52. The Hall–Kier alpha value is -1.28. The van der Waals surface area contributed by atoms with Crippen LogP contribution in [0, 0.1) is 5.92 Å². The SMILES string of the molecule is CCNC(=NCCc1c[nH]c2ccccc12)NC1CN(C(C)C)CC1C.I. The van der Waals surface area contributed by atoms with E-state index in [0.29, 0.717) is 18.0 Å². The summed E-state index contributed by atoms with van der Waals surface area (Å²) >= 11 is 0. The number of hydrogen-bond acceptors (Lipinski definition) is 2. The van der Waals surface area contributed by atoms with E-state index in [1.54, 1.807) is 0 Å². The summed E-state index contributed by atoms with van der Waals surface area (Å²) in [5, 5.41) is 8.37. The fourth-order valence-corrected chi connectivity index (χ4v) is 3.74. The lowest BCUT2D eigenvalue weighted by Crippen LogP contribution is -2.46. The molecule has 1 fully saturated rings. The zero-order valence-corrected chi connectivity index (χ0v) is 19.3. The largest absolute Gasteiger partial charge is 0.361 e. The molecule has 6 heteroatoms. The lowest BCUT2D eigenvalue weighted by atomic mass is 10.1. The Labute approximate surface area is 180 Å². The summed E-state index contributed by atoms with van der Waals surface area (Å²) in [5.74, 6) is 1.57. The Kier molecular flexibility index (Phi) is 8.41. The second kappa shape index (κ2) is 10.3. The second-order valence-corrected chi connectivity index (χ2v) is 7.65. The molecule has 2 unspecified atom stereocenters. The van der Waals surface area contributed by atoms with Crippen LogP contribution in [0.5, 0.6) is 0 Å². The van der Waals surface area contributed by atoms with Crippen molar-refractivity contribution in [3.05, 3.63) is 36.0 Å². The van der Waals surface area contributed by atoms with Crippen LogP contribution < -0.4 is 10.6 Å². The van der Waals surface area contributed by atoms with E-state index in [4.69, 9.17) is 4.99 Å². The van der Waals surface area contributed by atoms with Crippen molar-refractivity contribution in [2.24, 2.45) is 10.9 Å². The summed E-state index contributed by atoms with van der Waals surface area (Å²) in [6.07, 6.45) is 3.05. The van der Waals surface area contributed by atoms with Crippen molar-refractivity contribution in [1.82, 2.24) is 20.5 Å². The molecule has 150 valence electrons. The first kappa shape index (κ1) is 22.0. The van der Waals surface area contributed by atoms with Gasteiger partial charge in [0, 0.05) is 55.4 Å². The Morgan fingerprint density at radius 1 is 1.30 bits per heavy atom. The van der Waals surface area contributed by atoms with Gasteiger partial charge in [0.15, 0.2) is 5.96 Å². The van der Waals surface area contributed by atoms with Gasteiger partial charge in [0.1, 0.15) is 0 Å². The lowest BCUT2D eigenvalue weighted by molar-refractivity contribution is 0.265. The minimum Gasteiger partial charge on any atom is -0.361 e. The van der Waals surface area contributed by atoms with Crippen LogP contribution in [-0.4, -0.2) is 54.1 Å². The average Bonchev–Trinajstić information content (AvgIpc) is 3.19. The molecule has 1 aliphatic heterocycles. The molecule has 1 aromatic heterocycles. The van der Waals surface area contributed by atoms with Gasteiger partial charge in [-0.3, -0.25) is 9.89 Å². The number of H-pyrrole nitrogens is 1. The highest BCUT2D eigenvalue weighted by atomic mass is 127. The number of halogens is 1. The first-order chi connectivity index (χ1) is 12.6. The number of nitrogens with one attached hydrogen (secondary N) is 3. The van der Waals surface area contributed by atoms with Crippen molar-refractivity contribution in [3.63, 3.8) is 0 Å². The van der Waals surface area contributed by atoms with Crippen LogP contribution in [-0.2, 0) is 6.42 Å². The zero-order valence-electron chi connectivity index (χ0n) is 17.0. The van der Waals surface area contributed by atoms with Gasteiger partial charge in [0.05, 0.1) is 0 Å². The summed E-state index contributed by atoms with van der Waals surface area (Å²) in [5.41, 5.74) is 2.53. The number of aromatic amines is 1. The molecule has 0 saturated carbocycles. The van der Waals surface area contributed by atoms with Gasteiger partial charge >= 0.3 is 0 Å². The van der Waals surface area contributed by atoms with E-state index in [1.807, 2.05) is 0 Å². The molecule has 5 nitrogen and oxygen atoms in total. The summed E-state index contributed by atoms with van der Waals surface area (Å²) in [6.45, 7) is 12.9. The van der Waals surface area contributed by atoms with Gasteiger partial charge in [-0.2, -0.15) is 0 Å². The monoisotopic (exact) mass is 483 g/mol. The molecule has 0 aliphatic carbocycles. The van der Waals surface area contributed by atoms with Crippen molar-refractivity contribution in [1.29, 1.82) is 0 Å². The van der Waals surface area contributed by atoms with E-state index in [1.165, 1.54) is 16.5 Å². The van der Waals surface area contributed by atoms with Gasteiger partial charge in [0.25, 0.3) is 0 Å². The van der Waals surface area contributed by atoms with Gasteiger partial charge in [0.2, 0.25) is 0 Å². The molecule has 2 atom stereocenters. The summed E-state index contributed by atoms with van der Waals surface area (Å²) in [4.78, 5) is 10.7. The van der Waals surface area contributed by atoms with E-state index < -0.39 is 0 Å². The van der Waals surface area contributed by atoms with Crippen LogP contribution in [0.25, 0.3) is 10.9 Å². The molecule has 1 aliphatic rings. The Bertz CT molecular complexity index is 739. The molecule has 0 radical (unpaired) electrons. The van der Waals surface area contributed by atoms with Crippen molar-refractivity contribution in [2.75, 3.05) is 26.2 Å². The molecule has 2 aromatic rings. The van der Waals surface area contributed by atoms with Crippen molar-refractivity contribution in [3.8, 4) is 0 Å². The highest BCUT2D eigenvalue weighted by Crippen LogP contribution is 2.19. The van der Waals surface area contributed by atoms with Gasteiger partial charge < -0.3 is 15.6 Å². The fraction of sp³-hybridized carbons (Fsp3) is 0.571. The molecular formula is C21H34IN5. The second-order valence-electron chi connectivity index (χ2n) is 7.65. The van der Waals surface area contributed by atoms with Crippen molar-refractivity contribution < 1.29 is 0 Å². The van der Waals surface area contributed by atoms with Crippen LogP contribution in [0.1, 0.15) is 33.3 Å². The number of aliphatic imine (C=N–C) groups is 1.